The van der Waals surface area contributed by atoms with Crippen molar-refractivity contribution in [1.29, 1.82) is 0 Å². The van der Waals surface area contributed by atoms with E-state index < -0.39 is 56.8 Å². The van der Waals surface area contributed by atoms with Gasteiger partial charge in [0.25, 0.3) is 0 Å². The molecule has 0 spiro atoms. The second-order valence-electron chi connectivity index (χ2n) is 8.28. The SMILES string of the molecule is CC(=O)N(CCN(CC(=O)O)CC(=O)Nc1ccc(S(N)(=O)=O)cc1)CC(=O)Nc1ccc(S(N)(=O)=O)cc1. The maximum absolute atomic E-state index is 12.5. The van der Waals surface area contributed by atoms with Crippen LogP contribution in [0.1, 0.15) is 6.92 Å². The summed E-state index contributed by atoms with van der Waals surface area (Å²) >= 11 is 0. The molecule has 2 rings (SSSR count). The number of nitrogens with zero attached hydrogens (tertiary/aromatic N) is 2. The summed E-state index contributed by atoms with van der Waals surface area (Å²) in [5.41, 5.74) is 0.513. The molecule has 0 unspecified atom stereocenters. The number of hydrogen-bond acceptors (Lipinski definition) is 9. The molecule has 212 valence electrons. The first kappa shape index (κ1) is 31.3. The monoisotopic (exact) mass is 584 g/mol. The molecule has 0 heterocycles. The standard InChI is InChI=1S/C22H28N6O9S2/c1-15(29)28(13-21(31)26-17-4-8-19(9-5-17)39(24,36)37)11-10-27(14-22(32)33)12-20(30)25-16-2-6-18(7-3-16)38(23,34)35/h2-9H,10-14H2,1H3,(H,25,30)(H,26,31)(H,32,33)(H2,23,34,35)(H2,24,36,37). The lowest BCUT2D eigenvalue weighted by molar-refractivity contribution is -0.138. The predicted molar refractivity (Wildman–Crippen MR) is 139 cm³/mol. The molecule has 15 nitrogen and oxygen atoms in total. The van der Waals surface area contributed by atoms with Gasteiger partial charge in [0.15, 0.2) is 0 Å². The van der Waals surface area contributed by atoms with E-state index in [1.807, 2.05) is 0 Å². The van der Waals surface area contributed by atoms with Crippen LogP contribution in [-0.2, 0) is 39.2 Å². The number of carboxylic acids is 1. The Morgan fingerprint density at radius 3 is 1.49 bits per heavy atom. The summed E-state index contributed by atoms with van der Waals surface area (Å²) in [6.07, 6.45) is 0. The fraction of sp³-hybridized carbons (Fsp3) is 0.273. The predicted octanol–water partition coefficient (Wildman–Crippen LogP) is -1.21. The summed E-state index contributed by atoms with van der Waals surface area (Å²) < 4.78 is 45.4. The molecule has 2 aromatic rings. The highest BCUT2D eigenvalue weighted by atomic mass is 32.2. The molecular formula is C22H28N6O9S2. The highest BCUT2D eigenvalue weighted by molar-refractivity contribution is 7.89. The third kappa shape index (κ3) is 10.8. The largest absolute Gasteiger partial charge is 0.480 e. The van der Waals surface area contributed by atoms with Gasteiger partial charge in [-0.25, -0.2) is 27.1 Å². The number of nitrogens with one attached hydrogen (secondary N) is 2. The second kappa shape index (κ2) is 13.3. The average molecular weight is 585 g/mol. The van der Waals surface area contributed by atoms with Crippen LogP contribution in [0.2, 0.25) is 0 Å². The Kier molecular flexibility index (Phi) is 10.6. The van der Waals surface area contributed by atoms with Gasteiger partial charge in [-0.2, -0.15) is 0 Å². The van der Waals surface area contributed by atoms with Crippen molar-refractivity contribution in [3.63, 3.8) is 0 Å². The molecular weight excluding hydrogens is 556 g/mol. The zero-order chi connectivity index (χ0) is 29.4. The van der Waals surface area contributed by atoms with E-state index in [2.05, 4.69) is 10.6 Å². The molecule has 0 aliphatic carbocycles. The van der Waals surface area contributed by atoms with Crippen LogP contribution in [0, 0.1) is 0 Å². The Labute approximate surface area is 224 Å². The Bertz CT molecular complexity index is 1430. The van der Waals surface area contributed by atoms with Crippen LogP contribution in [0.3, 0.4) is 0 Å². The van der Waals surface area contributed by atoms with Gasteiger partial charge in [-0.05, 0) is 48.5 Å². The van der Waals surface area contributed by atoms with Crippen molar-refractivity contribution < 1.29 is 41.1 Å². The molecule has 2 aromatic carbocycles. The van der Waals surface area contributed by atoms with Gasteiger partial charge in [-0.15, -0.1) is 0 Å². The molecule has 0 bridgehead atoms. The van der Waals surface area contributed by atoms with Crippen LogP contribution in [0.4, 0.5) is 11.4 Å². The zero-order valence-corrected chi connectivity index (χ0v) is 22.4. The number of anilines is 2. The minimum Gasteiger partial charge on any atom is -0.480 e. The summed E-state index contributed by atoms with van der Waals surface area (Å²) in [5, 5.41) is 24.3. The van der Waals surface area contributed by atoms with E-state index in [-0.39, 0.29) is 40.8 Å². The number of rotatable bonds is 13. The van der Waals surface area contributed by atoms with E-state index in [1.165, 1.54) is 60.4 Å². The third-order valence-electron chi connectivity index (χ3n) is 5.13. The molecule has 0 saturated heterocycles. The number of primary sulfonamides is 2. The number of carbonyl (C=O) groups excluding carboxylic acids is 3. The molecule has 0 aliphatic heterocycles. The van der Waals surface area contributed by atoms with Crippen molar-refractivity contribution in [2.75, 3.05) is 43.4 Å². The fourth-order valence-electron chi connectivity index (χ4n) is 3.25. The highest BCUT2D eigenvalue weighted by Crippen LogP contribution is 2.14. The van der Waals surface area contributed by atoms with Gasteiger partial charge >= 0.3 is 5.97 Å². The van der Waals surface area contributed by atoms with Crippen molar-refractivity contribution in [2.24, 2.45) is 10.3 Å². The Balaban J connectivity index is 1.98. The molecule has 0 aliphatic rings. The van der Waals surface area contributed by atoms with Crippen molar-refractivity contribution in [1.82, 2.24) is 9.80 Å². The van der Waals surface area contributed by atoms with Gasteiger partial charge in [0.2, 0.25) is 37.8 Å². The van der Waals surface area contributed by atoms with E-state index in [9.17, 15) is 41.1 Å². The Morgan fingerprint density at radius 1 is 0.718 bits per heavy atom. The molecule has 0 aromatic heterocycles. The Hall–Kier alpha value is -3.90. The highest BCUT2D eigenvalue weighted by Gasteiger charge is 2.19. The topological polar surface area (TPSA) is 239 Å². The lowest BCUT2D eigenvalue weighted by Gasteiger charge is -2.25. The molecule has 39 heavy (non-hydrogen) atoms. The first-order valence-corrected chi connectivity index (χ1v) is 14.2. The van der Waals surface area contributed by atoms with Crippen LogP contribution >= 0.6 is 0 Å². The lowest BCUT2D eigenvalue weighted by atomic mass is 10.3. The van der Waals surface area contributed by atoms with Crippen LogP contribution in [0.25, 0.3) is 0 Å². The first-order valence-electron chi connectivity index (χ1n) is 11.1. The molecule has 7 N–H and O–H groups in total. The third-order valence-corrected chi connectivity index (χ3v) is 6.98. The average Bonchev–Trinajstić information content (AvgIpc) is 2.80. The van der Waals surface area contributed by atoms with Gasteiger partial charge < -0.3 is 20.6 Å². The van der Waals surface area contributed by atoms with Gasteiger partial charge in [-0.3, -0.25) is 24.1 Å². The van der Waals surface area contributed by atoms with Crippen molar-refractivity contribution in [3.05, 3.63) is 48.5 Å². The number of aliphatic carboxylic acids is 1. The molecule has 0 atom stereocenters. The van der Waals surface area contributed by atoms with E-state index >= 15 is 0 Å². The fourth-order valence-corrected chi connectivity index (χ4v) is 4.28. The number of carbonyl (C=O) groups is 4. The maximum Gasteiger partial charge on any atom is 0.317 e. The van der Waals surface area contributed by atoms with Gasteiger partial charge in [0, 0.05) is 31.4 Å². The number of hydrogen-bond donors (Lipinski definition) is 5. The Morgan fingerprint density at radius 2 is 1.13 bits per heavy atom. The van der Waals surface area contributed by atoms with Crippen molar-refractivity contribution >= 4 is 55.1 Å². The summed E-state index contributed by atoms with van der Waals surface area (Å²) in [4.78, 5) is 50.4. The molecule has 17 heteroatoms. The van der Waals surface area contributed by atoms with Crippen LogP contribution in [0.5, 0.6) is 0 Å². The van der Waals surface area contributed by atoms with Crippen LogP contribution < -0.4 is 20.9 Å². The molecule has 0 radical (unpaired) electrons. The smallest absolute Gasteiger partial charge is 0.317 e. The van der Waals surface area contributed by atoms with Crippen molar-refractivity contribution in [3.8, 4) is 0 Å². The van der Waals surface area contributed by atoms with Crippen molar-refractivity contribution in [2.45, 2.75) is 16.7 Å². The number of nitrogens with two attached hydrogens (primary N) is 2. The van der Waals surface area contributed by atoms with E-state index in [4.69, 9.17) is 10.3 Å². The first-order chi connectivity index (χ1) is 18.0. The summed E-state index contributed by atoms with van der Waals surface area (Å²) in [6.45, 7) is -0.246. The van der Waals surface area contributed by atoms with E-state index in [0.29, 0.717) is 0 Å². The number of carboxylic acid groups (broad SMARTS) is 1. The number of benzene rings is 2. The lowest BCUT2D eigenvalue weighted by Crippen LogP contribution is -2.44. The number of amides is 3. The zero-order valence-electron chi connectivity index (χ0n) is 20.7. The summed E-state index contributed by atoms with van der Waals surface area (Å²) in [6, 6.07) is 10.1. The van der Waals surface area contributed by atoms with Crippen LogP contribution in [-0.4, -0.2) is 88.2 Å². The minimum absolute atomic E-state index is 0.0695. The molecule has 3 amide bonds. The quantitative estimate of drug-likeness (QED) is 0.188. The molecule has 0 fully saturated rings. The second-order valence-corrected chi connectivity index (χ2v) is 11.4. The van der Waals surface area contributed by atoms with Gasteiger partial charge in [0.1, 0.15) is 0 Å². The van der Waals surface area contributed by atoms with Gasteiger partial charge in [0.05, 0.1) is 29.4 Å². The molecule has 0 saturated carbocycles. The van der Waals surface area contributed by atoms with E-state index in [1.54, 1.807) is 0 Å². The maximum atomic E-state index is 12.5. The normalized spacial score (nSPS) is 11.6. The van der Waals surface area contributed by atoms with Gasteiger partial charge in [-0.1, -0.05) is 0 Å². The number of sulfonamides is 2. The minimum atomic E-state index is -3.91. The van der Waals surface area contributed by atoms with E-state index in [0.717, 1.165) is 4.90 Å². The summed E-state index contributed by atoms with van der Waals surface area (Å²) in [7, 11) is -7.81. The van der Waals surface area contributed by atoms with Crippen LogP contribution in [0.15, 0.2) is 58.3 Å². The summed E-state index contributed by atoms with van der Waals surface area (Å²) in [5.74, 6) is -2.91.